The van der Waals surface area contributed by atoms with Gasteiger partial charge >= 0.3 is 0 Å². The van der Waals surface area contributed by atoms with Crippen molar-refractivity contribution in [3.8, 4) is 22.8 Å². The van der Waals surface area contributed by atoms with Gasteiger partial charge in [0.15, 0.2) is 0 Å². The average Bonchev–Trinajstić information content (AvgIpc) is 2.60. The number of nitrogens with two attached hydrogens (primary N) is 1. The van der Waals surface area contributed by atoms with Gasteiger partial charge in [0.05, 0.1) is 22.8 Å². The highest BCUT2D eigenvalue weighted by molar-refractivity contribution is 7.99. The molecule has 0 aliphatic carbocycles. The molecule has 3 heterocycles. The van der Waals surface area contributed by atoms with E-state index in [9.17, 15) is 0 Å². The molecule has 0 fully saturated rings. The summed E-state index contributed by atoms with van der Waals surface area (Å²) >= 11 is 1.73. The highest BCUT2D eigenvalue weighted by Gasteiger charge is 2.10. The summed E-state index contributed by atoms with van der Waals surface area (Å²) in [5.41, 5.74) is 11.4. The van der Waals surface area contributed by atoms with Crippen LogP contribution in [0.2, 0.25) is 0 Å². The molecule has 122 valence electrons. The van der Waals surface area contributed by atoms with Crippen LogP contribution in [0, 0.1) is 13.8 Å². The minimum atomic E-state index is 0.642. The molecule has 0 aromatic carbocycles. The lowest BCUT2D eigenvalue weighted by molar-refractivity contribution is 1.14. The number of aromatic nitrogens is 3. The molecule has 0 saturated carbocycles. The molecule has 3 rings (SSSR count). The van der Waals surface area contributed by atoms with Crippen molar-refractivity contribution in [2.24, 2.45) is 5.73 Å². The molecule has 24 heavy (non-hydrogen) atoms. The van der Waals surface area contributed by atoms with Crippen molar-refractivity contribution >= 4 is 11.8 Å². The highest BCUT2D eigenvalue weighted by atomic mass is 32.2. The Balaban J connectivity index is 2.10. The SMILES string of the molecule is Cc1ccnc(-c2cc(SCCN)cc(-c3cc(C)ccn3)n2)c1. The molecule has 0 bridgehead atoms. The molecular formula is C19H20N4S. The van der Waals surface area contributed by atoms with Crippen LogP contribution in [-0.2, 0) is 0 Å². The van der Waals surface area contributed by atoms with Crippen molar-refractivity contribution in [3.05, 3.63) is 59.9 Å². The fourth-order valence-corrected chi connectivity index (χ4v) is 3.12. The lowest BCUT2D eigenvalue weighted by atomic mass is 10.1. The van der Waals surface area contributed by atoms with Crippen LogP contribution >= 0.6 is 11.8 Å². The van der Waals surface area contributed by atoms with E-state index < -0.39 is 0 Å². The molecule has 5 heteroatoms. The third kappa shape index (κ3) is 3.99. The Morgan fingerprint density at radius 3 is 1.83 bits per heavy atom. The normalized spacial score (nSPS) is 10.8. The molecule has 2 N–H and O–H groups in total. The van der Waals surface area contributed by atoms with Crippen LogP contribution in [0.15, 0.2) is 53.7 Å². The summed E-state index contributed by atoms with van der Waals surface area (Å²) in [4.78, 5) is 14.9. The van der Waals surface area contributed by atoms with Gasteiger partial charge in [-0.25, -0.2) is 4.98 Å². The predicted octanol–water partition coefficient (Wildman–Crippen LogP) is 3.87. The van der Waals surface area contributed by atoms with Crippen molar-refractivity contribution < 1.29 is 0 Å². The average molecular weight is 336 g/mol. The summed E-state index contributed by atoms with van der Waals surface area (Å²) in [5.74, 6) is 0.866. The molecule has 0 aliphatic rings. The number of rotatable bonds is 5. The van der Waals surface area contributed by atoms with E-state index in [-0.39, 0.29) is 0 Å². The number of thioether (sulfide) groups is 1. The van der Waals surface area contributed by atoms with E-state index in [1.807, 2.05) is 36.7 Å². The molecule has 0 amide bonds. The minimum absolute atomic E-state index is 0.642. The van der Waals surface area contributed by atoms with Crippen LogP contribution in [0.5, 0.6) is 0 Å². The number of hydrogen-bond donors (Lipinski definition) is 1. The Kier molecular flexibility index (Phi) is 5.23. The van der Waals surface area contributed by atoms with Gasteiger partial charge in [-0.05, 0) is 61.4 Å². The quantitative estimate of drug-likeness (QED) is 0.717. The summed E-state index contributed by atoms with van der Waals surface area (Å²) in [5, 5.41) is 0. The maximum absolute atomic E-state index is 5.65. The van der Waals surface area contributed by atoms with E-state index in [2.05, 4.69) is 35.9 Å². The van der Waals surface area contributed by atoms with Crippen LogP contribution in [0.4, 0.5) is 0 Å². The van der Waals surface area contributed by atoms with Crippen molar-refractivity contribution in [2.45, 2.75) is 18.7 Å². The largest absolute Gasteiger partial charge is 0.330 e. The van der Waals surface area contributed by atoms with Crippen molar-refractivity contribution in [1.29, 1.82) is 0 Å². The molecule has 0 aliphatic heterocycles. The van der Waals surface area contributed by atoms with Gasteiger partial charge in [0.2, 0.25) is 0 Å². The van der Waals surface area contributed by atoms with Gasteiger partial charge < -0.3 is 5.73 Å². The van der Waals surface area contributed by atoms with Crippen LogP contribution in [0.3, 0.4) is 0 Å². The molecular weight excluding hydrogens is 316 g/mol. The summed E-state index contributed by atoms with van der Waals surface area (Å²) in [7, 11) is 0. The zero-order chi connectivity index (χ0) is 16.9. The predicted molar refractivity (Wildman–Crippen MR) is 100.0 cm³/mol. The van der Waals surface area contributed by atoms with Crippen LogP contribution in [0.1, 0.15) is 11.1 Å². The Morgan fingerprint density at radius 1 is 0.833 bits per heavy atom. The number of hydrogen-bond acceptors (Lipinski definition) is 5. The van der Waals surface area contributed by atoms with Crippen LogP contribution < -0.4 is 5.73 Å². The standard InChI is InChI=1S/C19H20N4S/c1-13-3-6-21-16(9-13)18-11-15(24-8-5-20)12-19(23-18)17-10-14(2)4-7-22-17/h3-4,6-7,9-12H,5,8,20H2,1-2H3. The molecule has 0 saturated heterocycles. The monoisotopic (exact) mass is 336 g/mol. The first kappa shape index (κ1) is 16.6. The van der Waals surface area contributed by atoms with Crippen LogP contribution in [-0.4, -0.2) is 27.2 Å². The van der Waals surface area contributed by atoms with E-state index >= 15 is 0 Å². The number of aryl methyl sites for hydroxylation is 2. The Hall–Kier alpha value is -2.24. The molecule has 3 aromatic heterocycles. The lowest BCUT2D eigenvalue weighted by Gasteiger charge is -2.09. The highest BCUT2D eigenvalue weighted by Crippen LogP contribution is 2.28. The van der Waals surface area contributed by atoms with E-state index in [4.69, 9.17) is 10.7 Å². The first-order valence-corrected chi connectivity index (χ1v) is 8.85. The zero-order valence-corrected chi connectivity index (χ0v) is 14.7. The van der Waals surface area contributed by atoms with Gasteiger partial charge in [-0.15, -0.1) is 11.8 Å². The van der Waals surface area contributed by atoms with Gasteiger partial charge in [0, 0.05) is 29.6 Å². The fraction of sp³-hybridized carbons (Fsp3) is 0.211. The van der Waals surface area contributed by atoms with Crippen molar-refractivity contribution in [3.63, 3.8) is 0 Å². The second-order valence-corrected chi connectivity index (χ2v) is 6.82. The number of nitrogens with zero attached hydrogens (tertiary/aromatic N) is 3. The van der Waals surface area contributed by atoms with Gasteiger partial charge in [0.1, 0.15) is 0 Å². The molecule has 0 radical (unpaired) electrons. The maximum Gasteiger partial charge on any atom is 0.0905 e. The van der Waals surface area contributed by atoms with Gasteiger partial charge in [-0.2, -0.15) is 0 Å². The van der Waals surface area contributed by atoms with Gasteiger partial charge in [-0.3, -0.25) is 9.97 Å². The Bertz CT molecular complexity index is 785. The molecule has 0 unspecified atom stereocenters. The van der Waals surface area contributed by atoms with Crippen molar-refractivity contribution in [2.75, 3.05) is 12.3 Å². The van der Waals surface area contributed by atoms with E-state index in [0.717, 1.165) is 44.6 Å². The molecule has 0 spiro atoms. The van der Waals surface area contributed by atoms with E-state index in [1.54, 1.807) is 11.8 Å². The maximum atomic E-state index is 5.65. The van der Waals surface area contributed by atoms with Crippen molar-refractivity contribution in [1.82, 2.24) is 15.0 Å². The van der Waals surface area contributed by atoms with E-state index in [0.29, 0.717) is 6.54 Å². The van der Waals surface area contributed by atoms with Crippen LogP contribution in [0.25, 0.3) is 22.8 Å². The Labute approximate surface area is 146 Å². The first-order chi connectivity index (χ1) is 11.7. The second kappa shape index (κ2) is 7.55. The van der Waals surface area contributed by atoms with E-state index in [1.165, 1.54) is 0 Å². The molecule has 4 nitrogen and oxygen atoms in total. The van der Waals surface area contributed by atoms with Gasteiger partial charge in [-0.1, -0.05) is 0 Å². The first-order valence-electron chi connectivity index (χ1n) is 7.87. The summed E-state index contributed by atoms with van der Waals surface area (Å²) in [6, 6.07) is 12.2. The summed E-state index contributed by atoms with van der Waals surface area (Å²) < 4.78 is 0. The third-order valence-corrected chi connectivity index (χ3v) is 4.55. The smallest absolute Gasteiger partial charge is 0.0905 e. The summed E-state index contributed by atoms with van der Waals surface area (Å²) in [6.45, 7) is 4.76. The molecule has 0 atom stereocenters. The lowest BCUT2D eigenvalue weighted by Crippen LogP contribution is -2.01. The second-order valence-electron chi connectivity index (χ2n) is 5.65. The third-order valence-electron chi connectivity index (χ3n) is 3.54. The van der Waals surface area contributed by atoms with Gasteiger partial charge in [0.25, 0.3) is 0 Å². The number of pyridine rings is 3. The molecule has 3 aromatic rings. The topological polar surface area (TPSA) is 64.7 Å². The minimum Gasteiger partial charge on any atom is -0.330 e. The summed E-state index contributed by atoms with van der Waals surface area (Å²) in [6.07, 6.45) is 3.63. The zero-order valence-electron chi connectivity index (χ0n) is 13.9. The Morgan fingerprint density at radius 2 is 1.38 bits per heavy atom. The fourth-order valence-electron chi connectivity index (χ4n) is 2.38.